The summed E-state index contributed by atoms with van der Waals surface area (Å²) in [6, 6.07) is 0. The number of rotatable bonds is 54. The van der Waals surface area contributed by atoms with E-state index in [1.54, 1.807) is 0 Å². The first-order valence-electron chi connectivity index (χ1n) is 32.2. The molecular formula is C69H114O12. The second kappa shape index (κ2) is 56.1. The maximum Gasteiger partial charge on any atom is 0.335 e. The Kier molecular flexibility index (Phi) is 51.7. The summed E-state index contributed by atoms with van der Waals surface area (Å²) in [5.41, 5.74) is 0. The zero-order valence-corrected chi connectivity index (χ0v) is 51.0. The van der Waals surface area contributed by atoms with Crippen LogP contribution in [0.25, 0.3) is 0 Å². The summed E-state index contributed by atoms with van der Waals surface area (Å²) in [5, 5.41) is 31.6. The quantitative estimate of drug-likeness (QED) is 0.0228. The number of aliphatic hydroxyl groups excluding tert-OH is 2. The fraction of sp³-hybridized carbons (Fsp3) is 0.710. The van der Waals surface area contributed by atoms with Gasteiger partial charge in [-0.2, -0.15) is 0 Å². The number of aliphatic hydroxyl groups is 2. The number of hydrogen-bond donors (Lipinski definition) is 3. The third-order valence-corrected chi connectivity index (χ3v) is 14.2. The first-order chi connectivity index (χ1) is 39.6. The highest BCUT2D eigenvalue weighted by Gasteiger charge is 2.50. The molecule has 1 rings (SSSR count). The SMILES string of the molecule is CC/C=C\C/C=C\C/C=C\C/C=C\C/C=C\CCCCCC(=O)OC1C(OCC(COC(=O)CCCCCCCCCCCCCCCCCCCCC)OC(=O)CCCCC/C=C\C/C=C\C/C=C\CC)OC(C(=O)O)C(O)C1O. The number of carboxylic acid groups (broad SMARTS) is 1. The number of carbonyl (C=O) groups excluding carboxylic acids is 3. The average molecular weight is 1140 g/mol. The minimum Gasteiger partial charge on any atom is -0.479 e. The molecular weight excluding hydrogens is 1020 g/mol. The van der Waals surface area contributed by atoms with E-state index in [0.717, 1.165) is 109 Å². The maximum atomic E-state index is 13.2. The van der Waals surface area contributed by atoms with Gasteiger partial charge in [-0.05, 0) is 96.3 Å². The highest BCUT2D eigenvalue weighted by molar-refractivity contribution is 5.74. The lowest BCUT2D eigenvalue weighted by molar-refractivity contribution is -0.301. The van der Waals surface area contributed by atoms with E-state index in [1.165, 1.54) is 96.3 Å². The Morgan fingerprint density at radius 3 is 1.19 bits per heavy atom. The Morgan fingerprint density at radius 1 is 0.420 bits per heavy atom. The molecule has 12 heteroatoms. The number of unbranched alkanes of at least 4 members (excludes halogenated alkanes) is 24. The second-order valence-corrected chi connectivity index (χ2v) is 21.6. The molecule has 6 unspecified atom stereocenters. The number of ether oxygens (including phenoxy) is 5. The zero-order chi connectivity index (χ0) is 58.9. The Labute approximate surface area is 492 Å². The molecule has 0 aromatic carbocycles. The van der Waals surface area contributed by atoms with Crippen molar-refractivity contribution in [3.05, 3.63) is 97.2 Å². The molecule has 462 valence electrons. The summed E-state index contributed by atoms with van der Waals surface area (Å²) in [4.78, 5) is 51.3. The molecule has 0 spiro atoms. The van der Waals surface area contributed by atoms with Gasteiger partial charge in [0, 0.05) is 19.3 Å². The molecule has 0 aromatic heterocycles. The van der Waals surface area contributed by atoms with Crippen LogP contribution in [0.5, 0.6) is 0 Å². The predicted molar refractivity (Wildman–Crippen MR) is 331 cm³/mol. The van der Waals surface area contributed by atoms with E-state index in [0.29, 0.717) is 19.3 Å². The van der Waals surface area contributed by atoms with Crippen LogP contribution >= 0.6 is 0 Å². The van der Waals surface area contributed by atoms with Gasteiger partial charge in [0.25, 0.3) is 0 Å². The minimum absolute atomic E-state index is 0.0145. The number of carboxylic acids is 1. The molecule has 81 heavy (non-hydrogen) atoms. The molecule has 1 heterocycles. The van der Waals surface area contributed by atoms with E-state index in [-0.39, 0.29) is 25.9 Å². The molecule has 3 N–H and O–H groups in total. The van der Waals surface area contributed by atoms with Gasteiger partial charge in [-0.3, -0.25) is 14.4 Å². The van der Waals surface area contributed by atoms with Crippen LogP contribution in [-0.4, -0.2) is 89.2 Å². The molecule has 1 aliphatic rings. The molecule has 12 nitrogen and oxygen atoms in total. The summed E-state index contributed by atoms with van der Waals surface area (Å²) < 4.78 is 28.4. The average Bonchev–Trinajstić information content (AvgIpc) is 3.54. The van der Waals surface area contributed by atoms with Gasteiger partial charge in [0.05, 0.1) is 6.61 Å². The van der Waals surface area contributed by atoms with E-state index in [2.05, 4.69) is 118 Å². The van der Waals surface area contributed by atoms with Crippen LogP contribution in [0.4, 0.5) is 0 Å². The number of carbonyl (C=O) groups is 4. The summed E-state index contributed by atoms with van der Waals surface area (Å²) in [7, 11) is 0. The molecule has 0 bridgehead atoms. The largest absolute Gasteiger partial charge is 0.479 e. The second-order valence-electron chi connectivity index (χ2n) is 21.6. The van der Waals surface area contributed by atoms with Crippen molar-refractivity contribution in [1.82, 2.24) is 0 Å². The van der Waals surface area contributed by atoms with Crippen LogP contribution in [-0.2, 0) is 42.9 Å². The van der Waals surface area contributed by atoms with Crippen LogP contribution in [0.2, 0.25) is 0 Å². The van der Waals surface area contributed by atoms with E-state index in [9.17, 15) is 34.5 Å². The number of esters is 3. The summed E-state index contributed by atoms with van der Waals surface area (Å²) in [5.74, 6) is -3.20. The van der Waals surface area contributed by atoms with Crippen LogP contribution in [0, 0.1) is 0 Å². The third kappa shape index (κ3) is 45.8. The molecule has 0 amide bonds. The molecule has 1 aliphatic heterocycles. The lowest BCUT2D eigenvalue weighted by atomic mass is 9.98. The van der Waals surface area contributed by atoms with Crippen LogP contribution in [0.1, 0.15) is 265 Å². The van der Waals surface area contributed by atoms with Crippen LogP contribution in [0.15, 0.2) is 97.2 Å². The predicted octanol–water partition coefficient (Wildman–Crippen LogP) is 17.2. The maximum absolute atomic E-state index is 13.2. The Bertz CT molecular complexity index is 1780. The molecule has 0 radical (unpaired) electrons. The number of hydrogen-bond acceptors (Lipinski definition) is 11. The van der Waals surface area contributed by atoms with Gasteiger partial charge in [-0.1, -0.05) is 246 Å². The number of allylic oxidation sites excluding steroid dienone is 16. The van der Waals surface area contributed by atoms with Gasteiger partial charge in [-0.15, -0.1) is 0 Å². The summed E-state index contributed by atoms with van der Waals surface area (Å²) >= 11 is 0. The van der Waals surface area contributed by atoms with Crippen LogP contribution < -0.4 is 0 Å². The van der Waals surface area contributed by atoms with Crippen molar-refractivity contribution in [2.45, 2.75) is 302 Å². The first kappa shape index (κ1) is 74.7. The van der Waals surface area contributed by atoms with Crippen molar-refractivity contribution >= 4 is 23.9 Å². The summed E-state index contributed by atoms with van der Waals surface area (Å²) in [6.45, 7) is 5.75. The van der Waals surface area contributed by atoms with Gasteiger partial charge < -0.3 is 39.0 Å². The molecule has 0 aliphatic carbocycles. The highest BCUT2D eigenvalue weighted by atomic mass is 16.7. The van der Waals surface area contributed by atoms with Crippen molar-refractivity contribution in [2.24, 2.45) is 0 Å². The molecule has 1 saturated heterocycles. The minimum atomic E-state index is -1.92. The molecule has 6 atom stereocenters. The van der Waals surface area contributed by atoms with Gasteiger partial charge in [-0.25, -0.2) is 4.79 Å². The lowest BCUT2D eigenvalue weighted by Crippen LogP contribution is -2.61. The lowest BCUT2D eigenvalue weighted by Gasteiger charge is -2.40. The number of aliphatic carboxylic acids is 1. The Morgan fingerprint density at radius 2 is 0.778 bits per heavy atom. The normalized spacial score (nSPS) is 18.4. The first-order valence-corrected chi connectivity index (χ1v) is 32.2. The Hall–Kier alpha value is -4.36. The van der Waals surface area contributed by atoms with Gasteiger partial charge in [0.1, 0.15) is 18.8 Å². The van der Waals surface area contributed by atoms with E-state index in [4.69, 9.17) is 23.7 Å². The summed E-state index contributed by atoms with van der Waals surface area (Å²) in [6.07, 6.45) is 62.3. The van der Waals surface area contributed by atoms with E-state index in [1.807, 2.05) is 0 Å². The van der Waals surface area contributed by atoms with Gasteiger partial charge in [0.2, 0.25) is 0 Å². The Balaban J connectivity index is 2.67. The zero-order valence-electron chi connectivity index (χ0n) is 51.0. The van der Waals surface area contributed by atoms with Crippen molar-refractivity contribution in [1.29, 1.82) is 0 Å². The third-order valence-electron chi connectivity index (χ3n) is 14.2. The van der Waals surface area contributed by atoms with Gasteiger partial charge >= 0.3 is 23.9 Å². The van der Waals surface area contributed by atoms with Crippen molar-refractivity contribution in [2.75, 3.05) is 13.2 Å². The van der Waals surface area contributed by atoms with E-state index >= 15 is 0 Å². The topological polar surface area (TPSA) is 175 Å². The smallest absolute Gasteiger partial charge is 0.335 e. The van der Waals surface area contributed by atoms with E-state index < -0.39 is 67.3 Å². The fourth-order valence-electron chi connectivity index (χ4n) is 9.29. The monoisotopic (exact) mass is 1130 g/mol. The van der Waals surface area contributed by atoms with Crippen LogP contribution in [0.3, 0.4) is 0 Å². The molecule has 0 aromatic rings. The molecule has 0 saturated carbocycles. The van der Waals surface area contributed by atoms with Crippen molar-refractivity contribution in [3.63, 3.8) is 0 Å². The fourth-order valence-corrected chi connectivity index (χ4v) is 9.29. The van der Waals surface area contributed by atoms with Gasteiger partial charge in [0.15, 0.2) is 24.6 Å². The standard InChI is InChI=1S/C69H114O12/c1-4-7-10-13-16-19-22-25-27-29-31-33-35-38-40-43-46-49-52-55-61(70)77-58-60(79-62(71)56-53-50-47-44-41-37-24-21-18-15-12-9-6-3)59-78-69-67(65(74)64(73)66(81-69)68(75)76)80-63(72)57-54-51-48-45-42-39-36-34-32-30-28-26-23-20-17-14-11-8-5-2/h8-9,11-12,17-18,20-21,26,28,32,34,37,39,41-42,60,64-67,69,73-74H,4-7,10,13-16,19,22-25,27,29-31,33,35-36,38,40,43-59H2,1-3H3,(H,75,76)/b11-8-,12-9-,20-17-,21-18-,28-26-,34-32-,41-37-,42-39-. The van der Waals surface area contributed by atoms with Crippen molar-refractivity contribution in [3.8, 4) is 0 Å². The van der Waals surface area contributed by atoms with Crippen molar-refractivity contribution < 1.29 is 58.2 Å². The highest BCUT2D eigenvalue weighted by Crippen LogP contribution is 2.26. The molecule has 1 fully saturated rings.